The van der Waals surface area contributed by atoms with Crippen molar-refractivity contribution in [3.63, 3.8) is 0 Å². The van der Waals surface area contributed by atoms with E-state index in [-0.39, 0.29) is 0 Å². The van der Waals surface area contributed by atoms with E-state index in [4.69, 9.17) is 0 Å². The molecule has 0 heterocycles. The summed E-state index contributed by atoms with van der Waals surface area (Å²) in [6.07, 6.45) is 0. The molecule has 0 aromatic rings. The molecule has 2 heteroatoms. The van der Waals surface area contributed by atoms with Crippen LogP contribution in [0.4, 0.5) is 0 Å². The molecule has 0 aliphatic rings. The lowest BCUT2D eigenvalue weighted by Gasteiger charge is -2.12. The standard InChI is InChI=1S/C6H11BrI/c1-5(3-7)6(2)4-8/h6H,3-4H2,1-2H3. The van der Waals surface area contributed by atoms with E-state index in [0.717, 1.165) is 11.2 Å². The van der Waals surface area contributed by atoms with Crippen molar-refractivity contribution in [2.24, 2.45) is 5.92 Å². The maximum absolute atomic E-state index is 3.42. The van der Waals surface area contributed by atoms with Crippen molar-refractivity contribution < 1.29 is 0 Å². The summed E-state index contributed by atoms with van der Waals surface area (Å²) in [5, 5.41) is 1.05. The quantitative estimate of drug-likeness (QED) is 0.553. The summed E-state index contributed by atoms with van der Waals surface area (Å²) in [7, 11) is 0. The molecule has 0 spiro atoms. The van der Waals surface area contributed by atoms with E-state index in [0.29, 0.717) is 0 Å². The molecule has 0 aromatic heterocycles. The SMILES string of the molecule is C[C](CBr)C(C)CI. The maximum Gasteiger partial charge on any atom is 0.00937 e. The number of rotatable bonds is 3. The van der Waals surface area contributed by atoms with Gasteiger partial charge in [-0.05, 0) is 11.8 Å². The molecular formula is C6H11BrI. The van der Waals surface area contributed by atoms with Gasteiger partial charge in [-0.2, -0.15) is 0 Å². The van der Waals surface area contributed by atoms with Crippen LogP contribution in [-0.2, 0) is 0 Å². The maximum atomic E-state index is 3.42. The Bertz CT molecular complexity index is 48.5. The second-order valence-electron chi connectivity index (χ2n) is 2.04. The van der Waals surface area contributed by atoms with E-state index in [1.54, 1.807) is 5.92 Å². The highest BCUT2D eigenvalue weighted by molar-refractivity contribution is 14.1. The third kappa shape index (κ3) is 3.28. The normalized spacial score (nSPS) is 14.6. The minimum absolute atomic E-state index is 0.773. The summed E-state index contributed by atoms with van der Waals surface area (Å²) < 4.78 is 1.23. The Morgan fingerprint density at radius 2 is 2.25 bits per heavy atom. The summed E-state index contributed by atoms with van der Waals surface area (Å²) in [6, 6.07) is 0. The molecule has 0 saturated carbocycles. The summed E-state index contributed by atoms with van der Waals surface area (Å²) in [5.41, 5.74) is 0. The Morgan fingerprint density at radius 3 is 2.38 bits per heavy atom. The molecule has 0 saturated heterocycles. The minimum atomic E-state index is 0.773. The Balaban J connectivity index is 3.29. The van der Waals surface area contributed by atoms with Crippen molar-refractivity contribution in [3.8, 4) is 0 Å². The van der Waals surface area contributed by atoms with E-state index >= 15 is 0 Å². The highest BCUT2D eigenvalue weighted by Crippen LogP contribution is 2.17. The first-order valence-electron chi connectivity index (χ1n) is 2.66. The predicted molar refractivity (Wildman–Crippen MR) is 50.8 cm³/mol. The van der Waals surface area contributed by atoms with E-state index in [1.165, 1.54) is 4.43 Å². The zero-order chi connectivity index (χ0) is 6.57. The van der Waals surface area contributed by atoms with Crippen molar-refractivity contribution in [2.75, 3.05) is 9.76 Å². The molecule has 1 radical (unpaired) electrons. The Kier molecular flexibility index (Phi) is 5.79. The van der Waals surface area contributed by atoms with Gasteiger partial charge in [0.1, 0.15) is 0 Å². The average Bonchev–Trinajstić information content (AvgIpc) is 1.84. The van der Waals surface area contributed by atoms with Gasteiger partial charge in [0.05, 0.1) is 0 Å². The molecule has 0 nitrogen and oxygen atoms in total. The van der Waals surface area contributed by atoms with E-state index in [9.17, 15) is 0 Å². The highest BCUT2D eigenvalue weighted by Gasteiger charge is 2.08. The van der Waals surface area contributed by atoms with Crippen LogP contribution in [0.15, 0.2) is 0 Å². The highest BCUT2D eigenvalue weighted by atomic mass is 127. The zero-order valence-corrected chi connectivity index (χ0v) is 8.99. The lowest BCUT2D eigenvalue weighted by atomic mass is 10.0. The van der Waals surface area contributed by atoms with Crippen LogP contribution in [0.3, 0.4) is 0 Å². The largest absolute Gasteiger partial charge is 0.0922 e. The zero-order valence-electron chi connectivity index (χ0n) is 5.25. The van der Waals surface area contributed by atoms with Crippen molar-refractivity contribution >= 4 is 38.5 Å². The topological polar surface area (TPSA) is 0 Å². The number of hydrogen-bond acceptors (Lipinski definition) is 0. The number of hydrogen-bond donors (Lipinski definition) is 0. The van der Waals surface area contributed by atoms with E-state index in [2.05, 4.69) is 52.4 Å². The van der Waals surface area contributed by atoms with Crippen molar-refractivity contribution in [1.29, 1.82) is 0 Å². The average molecular weight is 290 g/mol. The van der Waals surface area contributed by atoms with Gasteiger partial charge in [-0.1, -0.05) is 52.4 Å². The summed E-state index contributed by atoms with van der Waals surface area (Å²) in [6.45, 7) is 4.45. The fourth-order valence-electron chi connectivity index (χ4n) is 0.263. The molecule has 0 aromatic carbocycles. The van der Waals surface area contributed by atoms with Gasteiger partial charge in [0.25, 0.3) is 0 Å². The molecule has 0 fully saturated rings. The van der Waals surface area contributed by atoms with Gasteiger partial charge in [-0.15, -0.1) is 0 Å². The van der Waals surface area contributed by atoms with Crippen LogP contribution >= 0.6 is 38.5 Å². The van der Waals surface area contributed by atoms with Gasteiger partial charge in [-0.25, -0.2) is 0 Å². The van der Waals surface area contributed by atoms with Crippen LogP contribution in [0.25, 0.3) is 0 Å². The molecule has 0 bridgehead atoms. The van der Waals surface area contributed by atoms with Gasteiger partial charge in [0.15, 0.2) is 0 Å². The van der Waals surface area contributed by atoms with Crippen molar-refractivity contribution in [3.05, 3.63) is 5.92 Å². The minimum Gasteiger partial charge on any atom is -0.0922 e. The molecule has 49 valence electrons. The van der Waals surface area contributed by atoms with Gasteiger partial charge >= 0.3 is 0 Å². The monoisotopic (exact) mass is 289 g/mol. The van der Waals surface area contributed by atoms with Crippen LogP contribution in [0.1, 0.15) is 13.8 Å². The fraction of sp³-hybridized carbons (Fsp3) is 0.833. The third-order valence-electron chi connectivity index (χ3n) is 1.28. The van der Waals surface area contributed by atoms with Gasteiger partial charge < -0.3 is 0 Å². The molecular weight excluding hydrogens is 279 g/mol. The molecule has 1 unspecified atom stereocenters. The lowest BCUT2D eigenvalue weighted by molar-refractivity contribution is 0.698. The third-order valence-corrected chi connectivity index (χ3v) is 3.49. The fourth-order valence-corrected chi connectivity index (χ4v) is 1.57. The summed E-state index contributed by atoms with van der Waals surface area (Å²) in [5.74, 6) is 2.31. The molecule has 8 heavy (non-hydrogen) atoms. The van der Waals surface area contributed by atoms with E-state index in [1.807, 2.05) is 0 Å². The molecule has 0 amide bonds. The molecule has 0 aliphatic carbocycles. The van der Waals surface area contributed by atoms with Gasteiger partial charge in [0.2, 0.25) is 0 Å². The lowest BCUT2D eigenvalue weighted by Crippen LogP contribution is -2.07. The van der Waals surface area contributed by atoms with Crippen molar-refractivity contribution in [2.45, 2.75) is 13.8 Å². The van der Waals surface area contributed by atoms with Gasteiger partial charge in [0, 0.05) is 9.76 Å². The summed E-state index contributed by atoms with van der Waals surface area (Å²) in [4.78, 5) is 0. The first-order valence-corrected chi connectivity index (χ1v) is 5.31. The Labute approximate surface area is 73.7 Å². The smallest absolute Gasteiger partial charge is 0.00937 e. The van der Waals surface area contributed by atoms with Crippen LogP contribution in [0.2, 0.25) is 0 Å². The second-order valence-corrected chi connectivity index (χ2v) is 3.48. The predicted octanol–water partition coefficient (Wildman–Crippen LogP) is 3.05. The second kappa shape index (κ2) is 5.03. The van der Waals surface area contributed by atoms with Gasteiger partial charge in [-0.3, -0.25) is 0 Å². The Hall–Kier alpha value is 1.21. The molecule has 0 aliphatic heterocycles. The molecule has 1 atom stereocenters. The molecule has 0 N–H and O–H groups in total. The van der Waals surface area contributed by atoms with Crippen LogP contribution in [0.5, 0.6) is 0 Å². The van der Waals surface area contributed by atoms with E-state index < -0.39 is 0 Å². The van der Waals surface area contributed by atoms with Crippen molar-refractivity contribution in [1.82, 2.24) is 0 Å². The van der Waals surface area contributed by atoms with Crippen LogP contribution in [-0.4, -0.2) is 9.76 Å². The van der Waals surface area contributed by atoms with Crippen LogP contribution in [0, 0.1) is 11.8 Å². The number of alkyl halides is 2. The first-order chi connectivity index (χ1) is 3.72. The first kappa shape index (κ1) is 9.21. The summed E-state index contributed by atoms with van der Waals surface area (Å²) >= 11 is 5.83. The number of halogens is 2. The van der Waals surface area contributed by atoms with Crippen LogP contribution < -0.4 is 0 Å². The Morgan fingerprint density at radius 1 is 1.75 bits per heavy atom. The molecule has 0 rings (SSSR count).